The molecule has 0 spiro atoms. The molecular weight excluding hydrogens is 290 g/mol. The first kappa shape index (κ1) is 15.3. The highest BCUT2D eigenvalue weighted by Gasteiger charge is 2.18. The number of rotatable bonds is 4. The second kappa shape index (κ2) is 6.10. The van der Waals surface area contributed by atoms with E-state index >= 15 is 0 Å². The average molecular weight is 306 g/mol. The van der Waals surface area contributed by atoms with E-state index in [4.69, 9.17) is 11.6 Å². The molecule has 0 unspecified atom stereocenters. The summed E-state index contributed by atoms with van der Waals surface area (Å²) < 4.78 is 0. The molecule has 6 heteroatoms. The molecule has 0 radical (unpaired) electrons. The molecule has 2 rings (SSSR count). The Bertz CT molecular complexity index is 702. The number of halogens is 1. The van der Waals surface area contributed by atoms with E-state index in [1.807, 2.05) is 25.1 Å². The fourth-order valence-electron chi connectivity index (χ4n) is 2.17. The summed E-state index contributed by atoms with van der Waals surface area (Å²) in [7, 11) is 0. The van der Waals surface area contributed by atoms with E-state index in [1.165, 1.54) is 6.20 Å². The maximum atomic E-state index is 11.1. The van der Waals surface area contributed by atoms with Gasteiger partial charge in [-0.15, -0.1) is 0 Å². The SMILES string of the molecule is Cc1ccc(NCc2ncc(C)c([N+](=O)[O-])c2C)c(Cl)c1. The number of pyridine rings is 1. The van der Waals surface area contributed by atoms with Gasteiger partial charge >= 0.3 is 0 Å². The Labute approximate surface area is 128 Å². The lowest BCUT2D eigenvalue weighted by Gasteiger charge is -2.11. The summed E-state index contributed by atoms with van der Waals surface area (Å²) in [5.74, 6) is 0. The molecule has 0 atom stereocenters. The quantitative estimate of drug-likeness (QED) is 0.679. The number of anilines is 1. The van der Waals surface area contributed by atoms with Crippen molar-refractivity contribution in [2.45, 2.75) is 27.3 Å². The molecule has 2 aromatic rings. The number of hydrogen-bond donors (Lipinski definition) is 1. The van der Waals surface area contributed by atoms with Crippen LogP contribution in [0.5, 0.6) is 0 Å². The van der Waals surface area contributed by atoms with Crippen LogP contribution in [0, 0.1) is 30.9 Å². The highest BCUT2D eigenvalue weighted by molar-refractivity contribution is 6.33. The summed E-state index contributed by atoms with van der Waals surface area (Å²) in [5, 5.41) is 14.9. The van der Waals surface area contributed by atoms with Gasteiger partial charge in [0.05, 0.1) is 33.4 Å². The van der Waals surface area contributed by atoms with Crippen LogP contribution in [0.3, 0.4) is 0 Å². The molecule has 1 heterocycles. The van der Waals surface area contributed by atoms with Crippen LogP contribution < -0.4 is 5.32 Å². The van der Waals surface area contributed by atoms with Crippen molar-refractivity contribution in [2.24, 2.45) is 0 Å². The number of hydrogen-bond acceptors (Lipinski definition) is 4. The van der Waals surface area contributed by atoms with E-state index < -0.39 is 0 Å². The van der Waals surface area contributed by atoms with Crippen molar-refractivity contribution in [3.63, 3.8) is 0 Å². The van der Waals surface area contributed by atoms with Gasteiger partial charge in [0, 0.05) is 11.8 Å². The van der Waals surface area contributed by atoms with Crippen LogP contribution in [0.1, 0.15) is 22.4 Å². The molecule has 0 aliphatic rings. The minimum Gasteiger partial charge on any atom is -0.378 e. The fraction of sp³-hybridized carbons (Fsp3) is 0.267. The first-order valence-electron chi connectivity index (χ1n) is 6.49. The number of nitrogens with one attached hydrogen (secondary N) is 1. The number of nitro groups is 1. The lowest BCUT2D eigenvalue weighted by atomic mass is 10.1. The van der Waals surface area contributed by atoms with E-state index in [0.29, 0.717) is 28.4 Å². The topological polar surface area (TPSA) is 68.1 Å². The van der Waals surface area contributed by atoms with Crippen LogP contribution in [-0.4, -0.2) is 9.91 Å². The summed E-state index contributed by atoms with van der Waals surface area (Å²) in [5.41, 5.74) is 3.77. The average Bonchev–Trinajstić information content (AvgIpc) is 2.39. The van der Waals surface area contributed by atoms with Gasteiger partial charge < -0.3 is 5.32 Å². The predicted octanol–water partition coefficient (Wildman–Crippen LogP) is 4.18. The number of benzene rings is 1. The molecule has 0 bridgehead atoms. The summed E-state index contributed by atoms with van der Waals surface area (Å²) in [6.07, 6.45) is 1.53. The third-order valence-electron chi connectivity index (χ3n) is 3.33. The van der Waals surface area contributed by atoms with Crippen molar-refractivity contribution in [1.82, 2.24) is 4.98 Å². The van der Waals surface area contributed by atoms with Gasteiger partial charge in [0.25, 0.3) is 5.69 Å². The Balaban J connectivity index is 2.24. The van der Waals surface area contributed by atoms with Crippen LogP contribution >= 0.6 is 11.6 Å². The van der Waals surface area contributed by atoms with Crippen LogP contribution in [0.15, 0.2) is 24.4 Å². The van der Waals surface area contributed by atoms with Gasteiger partial charge in [-0.3, -0.25) is 15.1 Å². The molecule has 0 aliphatic carbocycles. The molecule has 1 N–H and O–H groups in total. The normalized spacial score (nSPS) is 10.5. The minimum atomic E-state index is -0.366. The van der Waals surface area contributed by atoms with Gasteiger partial charge in [0.1, 0.15) is 0 Å². The van der Waals surface area contributed by atoms with Gasteiger partial charge in [-0.25, -0.2) is 0 Å². The zero-order valence-electron chi connectivity index (χ0n) is 12.1. The number of nitrogens with zero attached hydrogens (tertiary/aromatic N) is 2. The fourth-order valence-corrected chi connectivity index (χ4v) is 2.47. The predicted molar refractivity (Wildman–Crippen MR) is 83.9 cm³/mol. The van der Waals surface area contributed by atoms with Crippen molar-refractivity contribution in [3.05, 3.63) is 61.9 Å². The van der Waals surface area contributed by atoms with Crippen molar-refractivity contribution >= 4 is 23.0 Å². The first-order chi connectivity index (χ1) is 9.90. The third-order valence-corrected chi connectivity index (χ3v) is 3.64. The number of aromatic nitrogens is 1. The van der Waals surface area contributed by atoms with Gasteiger partial charge in [0.2, 0.25) is 0 Å². The Kier molecular flexibility index (Phi) is 4.43. The maximum Gasteiger partial charge on any atom is 0.278 e. The Morgan fingerprint density at radius 2 is 2.05 bits per heavy atom. The molecule has 0 fully saturated rings. The summed E-state index contributed by atoms with van der Waals surface area (Å²) >= 11 is 6.15. The molecular formula is C15H16ClN3O2. The molecule has 0 saturated carbocycles. The van der Waals surface area contributed by atoms with Crippen molar-refractivity contribution < 1.29 is 4.92 Å². The Morgan fingerprint density at radius 3 is 2.67 bits per heavy atom. The minimum absolute atomic E-state index is 0.122. The monoisotopic (exact) mass is 305 g/mol. The molecule has 110 valence electrons. The van der Waals surface area contributed by atoms with Crippen molar-refractivity contribution in [3.8, 4) is 0 Å². The van der Waals surface area contributed by atoms with Gasteiger partial charge in [-0.2, -0.15) is 0 Å². The van der Waals surface area contributed by atoms with E-state index in [1.54, 1.807) is 13.8 Å². The second-order valence-electron chi connectivity index (χ2n) is 4.96. The maximum absolute atomic E-state index is 11.1. The van der Waals surface area contributed by atoms with E-state index in [9.17, 15) is 10.1 Å². The lowest BCUT2D eigenvalue weighted by molar-refractivity contribution is -0.386. The van der Waals surface area contributed by atoms with E-state index in [0.717, 1.165) is 11.3 Å². The summed E-state index contributed by atoms with van der Waals surface area (Å²) in [4.78, 5) is 15.0. The van der Waals surface area contributed by atoms with Crippen molar-refractivity contribution in [1.29, 1.82) is 0 Å². The van der Waals surface area contributed by atoms with E-state index in [-0.39, 0.29) is 10.6 Å². The molecule has 0 saturated heterocycles. The first-order valence-corrected chi connectivity index (χ1v) is 6.87. The highest BCUT2D eigenvalue weighted by Crippen LogP contribution is 2.26. The molecule has 1 aromatic carbocycles. The van der Waals surface area contributed by atoms with E-state index in [2.05, 4.69) is 10.3 Å². The smallest absolute Gasteiger partial charge is 0.278 e. The van der Waals surface area contributed by atoms with Gasteiger partial charge in [-0.05, 0) is 38.5 Å². The Hall–Kier alpha value is -2.14. The second-order valence-corrected chi connectivity index (χ2v) is 5.36. The zero-order chi connectivity index (χ0) is 15.6. The zero-order valence-corrected chi connectivity index (χ0v) is 12.9. The third kappa shape index (κ3) is 3.31. The molecule has 5 nitrogen and oxygen atoms in total. The molecule has 0 amide bonds. The van der Waals surface area contributed by atoms with Crippen molar-refractivity contribution in [2.75, 3.05) is 5.32 Å². The molecule has 1 aromatic heterocycles. The Morgan fingerprint density at radius 1 is 1.33 bits per heavy atom. The van der Waals surface area contributed by atoms with Crippen LogP contribution in [0.4, 0.5) is 11.4 Å². The van der Waals surface area contributed by atoms with Gasteiger partial charge in [-0.1, -0.05) is 17.7 Å². The largest absolute Gasteiger partial charge is 0.378 e. The summed E-state index contributed by atoms with van der Waals surface area (Å²) in [6.45, 7) is 5.75. The standard InChI is InChI=1S/C15H16ClN3O2/c1-9-4-5-13(12(16)6-9)18-8-14-11(3)15(19(20)21)10(2)7-17-14/h4-7,18H,8H2,1-3H3. The molecule has 0 aliphatic heterocycles. The highest BCUT2D eigenvalue weighted by atomic mass is 35.5. The van der Waals surface area contributed by atoms with Gasteiger partial charge in [0.15, 0.2) is 0 Å². The van der Waals surface area contributed by atoms with Crippen LogP contribution in [0.25, 0.3) is 0 Å². The number of aryl methyl sites for hydroxylation is 2. The van der Waals surface area contributed by atoms with Crippen LogP contribution in [0.2, 0.25) is 5.02 Å². The summed E-state index contributed by atoms with van der Waals surface area (Å²) in [6, 6.07) is 5.70. The lowest BCUT2D eigenvalue weighted by Crippen LogP contribution is -2.07. The van der Waals surface area contributed by atoms with Crippen LogP contribution in [-0.2, 0) is 6.54 Å². The molecule has 21 heavy (non-hydrogen) atoms.